The van der Waals surface area contributed by atoms with Crippen LogP contribution in [0.4, 0.5) is 10.1 Å². The van der Waals surface area contributed by atoms with Crippen LogP contribution in [0, 0.1) is 5.82 Å². The molecule has 2 aromatic carbocycles. The molecule has 0 fully saturated rings. The number of nitrogens with one attached hydrogen (secondary N) is 1. The smallest absolute Gasteiger partial charge is 0.355 e. The number of anilines is 1. The fourth-order valence-corrected chi connectivity index (χ4v) is 2.42. The lowest BCUT2D eigenvalue weighted by molar-refractivity contribution is -0.152. The molecule has 0 aliphatic carbocycles. The molecular weight excluding hydrogens is 365 g/mol. The first kappa shape index (κ1) is 17.8. The van der Waals surface area contributed by atoms with Crippen molar-refractivity contribution in [2.24, 2.45) is 0 Å². The molecule has 0 saturated heterocycles. The molecule has 0 spiro atoms. The molecular formula is C18H13ClFNO5. The van der Waals surface area contributed by atoms with Gasteiger partial charge in [0, 0.05) is 5.69 Å². The predicted molar refractivity (Wildman–Crippen MR) is 91.2 cm³/mol. The number of esters is 2. The molecule has 1 aliphatic heterocycles. The van der Waals surface area contributed by atoms with E-state index < -0.39 is 24.0 Å². The number of benzene rings is 2. The van der Waals surface area contributed by atoms with Crippen molar-refractivity contribution in [1.29, 1.82) is 0 Å². The monoisotopic (exact) mass is 377 g/mol. The molecule has 0 saturated carbocycles. The highest BCUT2D eigenvalue weighted by Crippen LogP contribution is 2.29. The molecule has 3 rings (SSSR count). The van der Waals surface area contributed by atoms with Gasteiger partial charge < -0.3 is 19.5 Å². The van der Waals surface area contributed by atoms with Gasteiger partial charge in [-0.1, -0.05) is 23.7 Å². The number of methoxy groups -OCH3 is 1. The lowest BCUT2D eigenvalue weighted by Gasteiger charge is -2.16. The van der Waals surface area contributed by atoms with Crippen molar-refractivity contribution in [2.75, 3.05) is 12.4 Å². The van der Waals surface area contributed by atoms with Crippen molar-refractivity contribution >= 4 is 29.2 Å². The zero-order valence-electron chi connectivity index (χ0n) is 13.5. The van der Waals surface area contributed by atoms with E-state index in [0.29, 0.717) is 11.4 Å². The largest absolute Gasteiger partial charge is 0.497 e. The number of halogens is 2. The van der Waals surface area contributed by atoms with Crippen molar-refractivity contribution in [1.82, 2.24) is 0 Å². The highest BCUT2D eigenvalue weighted by molar-refractivity contribution is 6.42. The van der Waals surface area contributed by atoms with Crippen LogP contribution in [-0.4, -0.2) is 25.3 Å². The summed E-state index contributed by atoms with van der Waals surface area (Å²) >= 11 is 5.95. The van der Waals surface area contributed by atoms with E-state index in [4.69, 9.17) is 25.8 Å². The summed E-state index contributed by atoms with van der Waals surface area (Å²) in [6, 6.07) is 12.0. The second-order valence-corrected chi connectivity index (χ2v) is 5.58. The fraction of sp³-hybridized carbons (Fsp3) is 0.111. The molecule has 0 amide bonds. The highest BCUT2D eigenvalue weighted by atomic mass is 35.5. The predicted octanol–water partition coefficient (Wildman–Crippen LogP) is 3.44. The van der Waals surface area contributed by atoms with Gasteiger partial charge in [0.25, 0.3) is 6.29 Å². The van der Waals surface area contributed by atoms with Crippen LogP contribution in [0.5, 0.6) is 5.75 Å². The van der Waals surface area contributed by atoms with Crippen LogP contribution >= 0.6 is 11.6 Å². The highest BCUT2D eigenvalue weighted by Gasteiger charge is 2.37. The lowest BCUT2D eigenvalue weighted by Crippen LogP contribution is -2.24. The van der Waals surface area contributed by atoms with Crippen LogP contribution in [0.1, 0.15) is 10.4 Å². The van der Waals surface area contributed by atoms with Crippen LogP contribution in [0.25, 0.3) is 0 Å². The van der Waals surface area contributed by atoms with Crippen LogP contribution in [0.15, 0.2) is 59.3 Å². The van der Waals surface area contributed by atoms with E-state index in [-0.39, 0.29) is 16.3 Å². The standard InChI is InChI=1S/C18H13ClFNO5/c1-24-11-8-6-10(7-9-11)21-15-14(19)17(23)26-18(15)25-16(22)12-4-2-3-5-13(12)20/h2-9,18,21H,1H3. The van der Waals surface area contributed by atoms with Gasteiger partial charge in [-0.15, -0.1) is 0 Å². The Hall–Kier alpha value is -3.06. The lowest BCUT2D eigenvalue weighted by atomic mass is 10.2. The minimum absolute atomic E-state index is 0.0477. The Balaban J connectivity index is 1.79. The third kappa shape index (κ3) is 3.62. The van der Waals surface area contributed by atoms with Gasteiger partial charge in [-0.2, -0.15) is 0 Å². The molecule has 26 heavy (non-hydrogen) atoms. The molecule has 0 aromatic heterocycles. The number of cyclic esters (lactones) is 1. The number of carbonyl (C=O) groups excluding carboxylic acids is 2. The quantitative estimate of drug-likeness (QED) is 0.805. The van der Waals surface area contributed by atoms with E-state index >= 15 is 0 Å². The van der Waals surface area contributed by atoms with Gasteiger partial charge in [0.15, 0.2) is 5.03 Å². The molecule has 0 radical (unpaired) electrons. The summed E-state index contributed by atoms with van der Waals surface area (Å²) in [6.07, 6.45) is -1.41. The topological polar surface area (TPSA) is 73.9 Å². The van der Waals surface area contributed by atoms with Crippen molar-refractivity contribution < 1.29 is 28.2 Å². The Morgan fingerprint density at radius 1 is 1.19 bits per heavy atom. The van der Waals surface area contributed by atoms with Gasteiger partial charge in [0.1, 0.15) is 17.3 Å². The second kappa shape index (κ2) is 7.45. The van der Waals surface area contributed by atoms with Crippen molar-refractivity contribution in [3.05, 3.63) is 70.6 Å². The van der Waals surface area contributed by atoms with Gasteiger partial charge in [-0.05, 0) is 36.4 Å². The number of ether oxygens (including phenoxy) is 3. The van der Waals surface area contributed by atoms with Crippen molar-refractivity contribution in [2.45, 2.75) is 6.29 Å². The molecule has 134 valence electrons. The average molecular weight is 378 g/mol. The van der Waals surface area contributed by atoms with Gasteiger partial charge >= 0.3 is 11.9 Å². The third-order valence-corrected chi connectivity index (χ3v) is 3.90. The van der Waals surface area contributed by atoms with Crippen LogP contribution < -0.4 is 10.1 Å². The van der Waals surface area contributed by atoms with Gasteiger partial charge in [0.2, 0.25) is 0 Å². The van der Waals surface area contributed by atoms with E-state index in [0.717, 1.165) is 6.07 Å². The first-order valence-corrected chi connectivity index (χ1v) is 7.84. The summed E-state index contributed by atoms with van der Waals surface area (Å²) in [5.74, 6) is -1.95. The molecule has 2 aromatic rings. The number of hydrogen-bond donors (Lipinski definition) is 1. The molecule has 8 heteroatoms. The van der Waals surface area contributed by atoms with Crippen molar-refractivity contribution in [3.63, 3.8) is 0 Å². The summed E-state index contributed by atoms with van der Waals surface area (Å²) in [5.41, 5.74) is 0.325. The zero-order chi connectivity index (χ0) is 18.7. The van der Waals surface area contributed by atoms with E-state index in [1.807, 2.05) is 0 Å². The Morgan fingerprint density at radius 3 is 2.54 bits per heavy atom. The van der Waals surface area contributed by atoms with E-state index in [9.17, 15) is 14.0 Å². The van der Waals surface area contributed by atoms with Crippen LogP contribution in [0.3, 0.4) is 0 Å². The van der Waals surface area contributed by atoms with Crippen molar-refractivity contribution in [3.8, 4) is 5.75 Å². The average Bonchev–Trinajstić information content (AvgIpc) is 2.90. The van der Waals surface area contributed by atoms with E-state index in [2.05, 4.69) is 5.32 Å². The molecule has 1 N–H and O–H groups in total. The molecule has 1 unspecified atom stereocenters. The van der Waals surface area contributed by atoms with E-state index in [1.165, 1.54) is 25.3 Å². The summed E-state index contributed by atoms with van der Waals surface area (Å²) in [4.78, 5) is 23.9. The second-order valence-electron chi connectivity index (χ2n) is 5.20. The minimum Gasteiger partial charge on any atom is -0.497 e. The maximum Gasteiger partial charge on any atom is 0.355 e. The summed E-state index contributed by atoms with van der Waals surface area (Å²) in [6.45, 7) is 0. The number of carbonyl (C=O) groups is 2. The van der Waals surface area contributed by atoms with Gasteiger partial charge in [-0.3, -0.25) is 0 Å². The van der Waals surface area contributed by atoms with E-state index in [1.54, 1.807) is 24.3 Å². The fourth-order valence-electron chi connectivity index (χ4n) is 2.24. The molecule has 1 heterocycles. The summed E-state index contributed by atoms with van der Waals surface area (Å²) in [5, 5.41) is 2.61. The Bertz CT molecular complexity index is 881. The Kier molecular flexibility index (Phi) is 5.09. The molecule has 0 bridgehead atoms. The van der Waals surface area contributed by atoms with Crippen LogP contribution in [0.2, 0.25) is 0 Å². The summed E-state index contributed by atoms with van der Waals surface area (Å²) < 4.78 is 28.8. The molecule has 6 nitrogen and oxygen atoms in total. The third-order valence-electron chi connectivity index (χ3n) is 3.54. The van der Waals surface area contributed by atoms with Gasteiger partial charge in [0.05, 0.1) is 12.7 Å². The SMILES string of the molecule is COc1ccc(NC2=C(Cl)C(=O)OC2OC(=O)c2ccccc2F)cc1. The number of hydrogen-bond acceptors (Lipinski definition) is 6. The normalized spacial score (nSPS) is 16.3. The van der Waals surface area contributed by atoms with Crippen LogP contribution in [-0.2, 0) is 14.3 Å². The molecule has 1 aliphatic rings. The zero-order valence-corrected chi connectivity index (χ0v) is 14.2. The molecule has 1 atom stereocenters. The number of rotatable bonds is 5. The summed E-state index contributed by atoms with van der Waals surface area (Å²) in [7, 11) is 1.53. The Labute approximate surface area is 153 Å². The van der Waals surface area contributed by atoms with Gasteiger partial charge in [-0.25, -0.2) is 14.0 Å². The first-order valence-electron chi connectivity index (χ1n) is 7.47. The Morgan fingerprint density at radius 2 is 1.88 bits per heavy atom. The minimum atomic E-state index is -1.41. The maximum absolute atomic E-state index is 13.7. The first-order chi connectivity index (χ1) is 12.5. The maximum atomic E-state index is 13.7.